The molecule has 0 spiro atoms. The molecule has 1 saturated heterocycles. The summed E-state index contributed by atoms with van der Waals surface area (Å²) in [6, 6.07) is 0. The maximum atomic E-state index is 6.02. The number of hydrogen-bond acceptors (Lipinski definition) is 1. The molecule has 1 heterocycles. The van der Waals surface area contributed by atoms with E-state index in [2.05, 4.69) is 19.6 Å². The van der Waals surface area contributed by atoms with E-state index in [1.807, 2.05) is 0 Å². The molecule has 2 fully saturated rings. The highest BCUT2D eigenvalue weighted by Gasteiger charge is 2.30. The minimum absolute atomic E-state index is 0.570. The Morgan fingerprint density at radius 2 is 1.76 bits per heavy atom. The van der Waals surface area contributed by atoms with Gasteiger partial charge in [0.2, 0.25) is 0 Å². The molecule has 0 amide bonds. The fourth-order valence-electron chi connectivity index (χ4n) is 3.60. The third-order valence-electron chi connectivity index (χ3n) is 4.83. The van der Waals surface area contributed by atoms with Crippen LogP contribution >= 0.6 is 0 Å². The molecule has 1 aliphatic carbocycles. The quantitative estimate of drug-likeness (QED) is 0.649. The third kappa shape index (κ3) is 3.58. The SMILES string of the molecule is C=CC1CCC(C2CCC(CCC)OC2)CC1. The molecule has 0 aromatic heterocycles. The predicted octanol–water partition coefficient (Wildman–Crippen LogP) is 4.57. The summed E-state index contributed by atoms with van der Waals surface area (Å²) < 4.78 is 6.02. The molecule has 98 valence electrons. The lowest BCUT2D eigenvalue weighted by atomic mass is 9.74. The maximum Gasteiger partial charge on any atom is 0.0575 e. The van der Waals surface area contributed by atoms with Gasteiger partial charge in [0.25, 0.3) is 0 Å². The van der Waals surface area contributed by atoms with Gasteiger partial charge in [-0.05, 0) is 62.7 Å². The Kier molecular flexibility index (Phi) is 5.09. The molecule has 0 radical (unpaired) electrons. The van der Waals surface area contributed by atoms with Crippen LogP contribution in [-0.4, -0.2) is 12.7 Å². The predicted molar refractivity (Wildman–Crippen MR) is 73.0 cm³/mol. The molecule has 17 heavy (non-hydrogen) atoms. The standard InChI is InChI=1S/C16H28O/c1-3-5-16-11-10-15(12-17-16)14-8-6-13(4-2)7-9-14/h4,13-16H,2-3,5-12H2,1H3. The Morgan fingerprint density at radius 3 is 2.29 bits per heavy atom. The van der Waals surface area contributed by atoms with Gasteiger partial charge in [-0.1, -0.05) is 19.4 Å². The van der Waals surface area contributed by atoms with Gasteiger partial charge in [-0.25, -0.2) is 0 Å². The van der Waals surface area contributed by atoms with Crippen LogP contribution in [-0.2, 0) is 4.74 Å². The monoisotopic (exact) mass is 236 g/mol. The summed E-state index contributed by atoms with van der Waals surface area (Å²) in [6.07, 6.45) is 13.5. The first-order valence-electron chi connectivity index (χ1n) is 7.57. The van der Waals surface area contributed by atoms with Crippen LogP contribution in [0.4, 0.5) is 0 Å². The molecular weight excluding hydrogens is 208 g/mol. The van der Waals surface area contributed by atoms with Gasteiger partial charge in [0, 0.05) is 0 Å². The fourth-order valence-corrected chi connectivity index (χ4v) is 3.60. The van der Waals surface area contributed by atoms with Gasteiger partial charge >= 0.3 is 0 Å². The van der Waals surface area contributed by atoms with E-state index in [9.17, 15) is 0 Å². The van der Waals surface area contributed by atoms with Crippen LogP contribution in [0.5, 0.6) is 0 Å². The second-order valence-corrected chi connectivity index (χ2v) is 5.99. The highest BCUT2D eigenvalue weighted by molar-refractivity contribution is 4.87. The molecule has 2 unspecified atom stereocenters. The average Bonchev–Trinajstić information content (AvgIpc) is 2.40. The molecule has 1 heteroatoms. The minimum Gasteiger partial charge on any atom is -0.378 e. The highest BCUT2D eigenvalue weighted by atomic mass is 16.5. The summed E-state index contributed by atoms with van der Waals surface area (Å²) in [5, 5.41) is 0. The first-order chi connectivity index (χ1) is 8.33. The van der Waals surface area contributed by atoms with Crippen LogP contribution < -0.4 is 0 Å². The van der Waals surface area contributed by atoms with E-state index in [-0.39, 0.29) is 0 Å². The smallest absolute Gasteiger partial charge is 0.0575 e. The number of ether oxygens (including phenoxy) is 1. The van der Waals surface area contributed by atoms with Gasteiger partial charge in [-0.2, -0.15) is 0 Å². The van der Waals surface area contributed by atoms with Gasteiger partial charge < -0.3 is 4.74 Å². The normalized spacial score (nSPS) is 38.9. The zero-order valence-electron chi connectivity index (χ0n) is 11.4. The van der Waals surface area contributed by atoms with Gasteiger partial charge in [-0.3, -0.25) is 0 Å². The van der Waals surface area contributed by atoms with E-state index in [0.717, 1.165) is 24.4 Å². The lowest BCUT2D eigenvalue weighted by Gasteiger charge is -2.37. The zero-order chi connectivity index (χ0) is 12.1. The molecule has 1 nitrogen and oxygen atoms in total. The number of allylic oxidation sites excluding steroid dienone is 1. The first-order valence-corrected chi connectivity index (χ1v) is 7.57. The van der Waals surface area contributed by atoms with Gasteiger partial charge in [0.05, 0.1) is 12.7 Å². The molecule has 0 aromatic rings. The summed E-state index contributed by atoms with van der Waals surface area (Å²) in [4.78, 5) is 0. The van der Waals surface area contributed by atoms with Crippen LogP contribution in [0.15, 0.2) is 12.7 Å². The molecular formula is C16H28O. The van der Waals surface area contributed by atoms with E-state index >= 15 is 0 Å². The third-order valence-corrected chi connectivity index (χ3v) is 4.83. The Morgan fingerprint density at radius 1 is 1.06 bits per heavy atom. The molecule has 1 aliphatic heterocycles. The van der Waals surface area contributed by atoms with E-state index in [0.29, 0.717) is 6.10 Å². The van der Waals surface area contributed by atoms with Crippen LogP contribution in [0.1, 0.15) is 58.3 Å². The molecule has 0 N–H and O–H groups in total. The van der Waals surface area contributed by atoms with Crippen molar-refractivity contribution in [3.63, 3.8) is 0 Å². The van der Waals surface area contributed by atoms with Gasteiger partial charge in [0.15, 0.2) is 0 Å². The van der Waals surface area contributed by atoms with Crippen LogP contribution in [0.25, 0.3) is 0 Å². The average molecular weight is 236 g/mol. The summed E-state index contributed by atoms with van der Waals surface area (Å²) in [5.41, 5.74) is 0. The summed E-state index contributed by atoms with van der Waals surface area (Å²) in [5.74, 6) is 2.59. The van der Waals surface area contributed by atoms with Crippen molar-refractivity contribution in [2.24, 2.45) is 17.8 Å². The van der Waals surface area contributed by atoms with Crippen molar-refractivity contribution >= 4 is 0 Å². The molecule has 2 rings (SSSR count). The van der Waals surface area contributed by atoms with E-state index in [1.54, 1.807) is 0 Å². The Labute approximate surface area is 107 Å². The van der Waals surface area contributed by atoms with Crippen LogP contribution in [0, 0.1) is 17.8 Å². The first kappa shape index (κ1) is 13.1. The zero-order valence-corrected chi connectivity index (χ0v) is 11.4. The van der Waals surface area contributed by atoms with E-state index in [4.69, 9.17) is 4.74 Å². The molecule has 2 aliphatic rings. The Hall–Kier alpha value is -0.300. The van der Waals surface area contributed by atoms with Crippen molar-refractivity contribution in [3.05, 3.63) is 12.7 Å². The molecule has 1 saturated carbocycles. The van der Waals surface area contributed by atoms with Crippen LogP contribution in [0.3, 0.4) is 0 Å². The van der Waals surface area contributed by atoms with Crippen molar-refractivity contribution in [1.29, 1.82) is 0 Å². The second-order valence-electron chi connectivity index (χ2n) is 5.99. The summed E-state index contributed by atoms with van der Waals surface area (Å²) in [6.45, 7) is 7.22. The van der Waals surface area contributed by atoms with E-state index in [1.165, 1.54) is 51.4 Å². The van der Waals surface area contributed by atoms with Crippen molar-refractivity contribution in [2.45, 2.75) is 64.4 Å². The minimum atomic E-state index is 0.570. The van der Waals surface area contributed by atoms with Gasteiger partial charge in [0.1, 0.15) is 0 Å². The van der Waals surface area contributed by atoms with Crippen molar-refractivity contribution in [2.75, 3.05) is 6.61 Å². The van der Waals surface area contributed by atoms with Crippen molar-refractivity contribution in [1.82, 2.24) is 0 Å². The molecule has 0 bridgehead atoms. The lowest BCUT2D eigenvalue weighted by molar-refractivity contribution is -0.0413. The van der Waals surface area contributed by atoms with E-state index < -0.39 is 0 Å². The molecule has 2 atom stereocenters. The van der Waals surface area contributed by atoms with Gasteiger partial charge in [-0.15, -0.1) is 6.58 Å². The summed E-state index contributed by atoms with van der Waals surface area (Å²) in [7, 11) is 0. The van der Waals surface area contributed by atoms with Crippen molar-refractivity contribution in [3.8, 4) is 0 Å². The lowest BCUT2D eigenvalue weighted by Crippen LogP contribution is -2.32. The largest absolute Gasteiger partial charge is 0.378 e. The van der Waals surface area contributed by atoms with Crippen molar-refractivity contribution < 1.29 is 4.74 Å². The molecule has 0 aromatic carbocycles. The Balaban J connectivity index is 1.72. The number of hydrogen-bond donors (Lipinski definition) is 0. The summed E-state index contributed by atoms with van der Waals surface area (Å²) >= 11 is 0. The number of rotatable bonds is 4. The topological polar surface area (TPSA) is 9.23 Å². The maximum absolute atomic E-state index is 6.02. The van der Waals surface area contributed by atoms with Crippen LogP contribution in [0.2, 0.25) is 0 Å². The second kappa shape index (κ2) is 6.58. The Bertz CT molecular complexity index is 220. The fraction of sp³-hybridized carbons (Fsp3) is 0.875. The highest BCUT2D eigenvalue weighted by Crippen LogP contribution is 2.38.